The molecule has 0 unspecified atom stereocenters. The molecule has 0 aliphatic carbocycles. The summed E-state index contributed by atoms with van der Waals surface area (Å²) in [6.45, 7) is 4.48. The third-order valence-corrected chi connectivity index (χ3v) is 5.40. The first-order valence-corrected chi connectivity index (χ1v) is 9.70. The average Bonchev–Trinajstić information content (AvgIpc) is 3.37. The SMILES string of the molecule is O=C(NC[C@H]1CN(c2ccc(N3CCOCC3)c(F)c2)C(=O)O1)[C@H]1CCNC1. The summed E-state index contributed by atoms with van der Waals surface area (Å²) in [5.41, 5.74) is 0.960. The number of nitrogens with zero attached hydrogens (tertiary/aromatic N) is 2. The van der Waals surface area contributed by atoms with Crippen molar-refractivity contribution >= 4 is 23.4 Å². The van der Waals surface area contributed by atoms with Crippen LogP contribution in [-0.4, -0.2) is 70.6 Å². The summed E-state index contributed by atoms with van der Waals surface area (Å²) < 4.78 is 25.2. The van der Waals surface area contributed by atoms with Crippen molar-refractivity contribution in [3.63, 3.8) is 0 Å². The molecule has 2 amide bonds. The van der Waals surface area contributed by atoms with Gasteiger partial charge >= 0.3 is 6.09 Å². The van der Waals surface area contributed by atoms with Gasteiger partial charge in [-0.1, -0.05) is 0 Å². The molecule has 3 heterocycles. The molecule has 1 aromatic carbocycles. The number of hydrogen-bond donors (Lipinski definition) is 2. The van der Waals surface area contributed by atoms with E-state index in [1.54, 1.807) is 12.1 Å². The standard InChI is InChI=1S/C19H25FN4O4/c20-16-9-14(1-2-17(16)23-5-7-27-8-6-23)24-12-15(28-19(24)26)11-22-18(25)13-3-4-21-10-13/h1-2,9,13,15,21H,3-8,10-12H2,(H,22,25)/t13-,15-/m0/s1. The molecule has 3 fully saturated rings. The Labute approximate surface area is 162 Å². The van der Waals surface area contributed by atoms with Crippen LogP contribution in [0.1, 0.15) is 6.42 Å². The Morgan fingerprint density at radius 1 is 1.32 bits per heavy atom. The topological polar surface area (TPSA) is 83.1 Å². The Morgan fingerprint density at radius 3 is 2.86 bits per heavy atom. The van der Waals surface area contributed by atoms with Crippen LogP contribution in [0.2, 0.25) is 0 Å². The quantitative estimate of drug-likeness (QED) is 0.768. The van der Waals surface area contributed by atoms with Crippen molar-refractivity contribution in [3.8, 4) is 0 Å². The fraction of sp³-hybridized carbons (Fsp3) is 0.579. The van der Waals surface area contributed by atoms with Gasteiger partial charge in [-0.25, -0.2) is 9.18 Å². The molecule has 0 radical (unpaired) electrons. The number of cyclic esters (lactones) is 1. The van der Waals surface area contributed by atoms with E-state index in [2.05, 4.69) is 10.6 Å². The number of benzene rings is 1. The van der Waals surface area contributed by atoms with Crippen molar-refractivity contribution in [3.05, 3.63) is 24.0 Å². The van der Waals surface area contributed by atoms with Crippen molar-refractivity contribution < 1.29 is 23.5 Å². The van der Waals surface area contributed by atoms with E-state index < -0.39 is 12.2 Å². The van der Waals surface area contributed by atoms with E-state index >= 15 is 0 Å². The number of halogens is 1. The first-order chi connectivity index (χ1) is 13.6. The van der Waals surface area contributed by atoms with Gasteiger partial charge in [-0.3, -0.25) is 9.69 Å². The van der Waals surface area contributed by atoms with E-state index in [4.69, 9.17) is 9.47 Å². The van der Waals surface area contributed by atoms with Gasteiger partial charge in [-0.15, -0.1) is 0 Å². The normalized spacial score (nSPS) is 25.1. The summed E-state index contributed by atoms with van der Waals surface area (Å²) >= 11 is 0. The third-order valence-electron chi connectivity index (χ3n) is 5.40. The molecule has 0 bridgehead atoms. The van der Waals surface area contributed by atoms with E-state index in [1.165, 1.54) is 11.0 Å². The van der Waals surface area contributed by atoms with Crippen LogP contribution >= 0.6 is 0 Å². The number of carbonyl (C=O) groups excluding carboxylic acids is 2. The molecule has 0 aromatic heterocycles. The lowest BCUT2D eigenvalue weighted by atomic mass is 10.1. The van der Waals surface area contributed by atoms with Gasteiger partial charge in [0.2, 0.25) is 5.91 Å². The summed E-state index contributed by atoms with van der Waals surface area (Å²) in [5.74, 6) is -0.437. The largest absolute Gasteiger partial charge is 0.442 e. The van der Waals surface area contributed by atoms with Crippen LogP contribution in [0.5, 0.6) is 0 Å². The van der Waals surface area contributed by atoms with Crippen LogP contribution in [0.3, 0.4) is 0 Å². The second-order valence-corrected chi connectivity index (χ2v) is 7.29. The molecule has 2 N–H and O–H groups in total. The van der Waals surface area contributed by atoms with Crippen LogP contribution in [0.4, 0.5) is 20.6 Å². The van der Waals surface area contributed by atoms with Gasteiger partial charge in [0.15, 0.2) is 0 Å². The Kier molecular flexibility index (Phi) is 5.63. The molecular formula is C19H25FN4O4. The second-order valence-electron chi connectivity index (χ2n) is 7.29. The molecule has 8 nitrogen and oxygen atoms in total. The number of carbonyl (C=O) groups is 2. The highest BCUT2D eigenvalue weighted by atomic mass is 19.1. The molecule has 152 valence electrons. The monoisotopic (exact) mass is 392 g/mol. The smallest absolute Gasteiger partial charge is 0.414 e. The number of rotatable bonds is 5. The molecular weight excluding hydrogens is 367 g/mol. The molecule has 1 aromatic rings. The maximum Gasteiger partial charge on any atom is 0.414 e. The first-order valence-electron chi connectivity index (χ1n) is 9.70. The fourth-order valence-corrected chi connectivity index (χ4v) is 3.80. The predicted octanol–water partition coefficient (Wildman–Crippen LogP) is 0.713. The summed E-state index contributed by atoms with van der Waals surface area (Å²) in [6, 6.07) is 4.77. The third kappa shape index (κ3) is 4.05. The maximum absolute atomic E-state index is 14.6. The zero-order chi connectivity index (χ0) is 19.5. The van der Waals surface area contributed by atoms with Gasteiger partial charge in [0, 0.05) is 19.6 Å². The lowest BCUT2D eigenvalue weighted by Gasteiger charge is -2.29. The van der Waals surface area contributed by atoms with Gasteiger partial charge in [0.05, 0.1) is 43.6 Å². The van der Waals surface area contributed by atoms with E-state index in [9.17, 15) is 14.0 Å². The summed E-state index contributed by atoms with van der Waals surface area (Å²) in [4.78, 5) is 27.6. The molecule has 4 rings (SSSR count). The highest BCUT2D eigenvalue weighted by molar-refractivity contribution is 5.90. The number of amides is 2. The van der Waals surface area contributed by atoms with Crippen LogP contribution in [0.15, 0.2) is 18.2 Å². The van der Waals surface area contributed by atoms with E-state index in [0.717, 1.165) is 13.0 Å². The molecule has 0 spiro atoms. The lowest BCUT2D eigenvalue weighted by Crippen LogP contribution is -2.38. The van der Waals surface area contributed by atoms with Crippen LogP contribution < -0.4 is 20.4 Å². The molecule has 3 aliphatic rings. The Bertz CT molecular complexity index is 735. The van der Waals surface area contributed by atoms with Crippen molar-refractivity contribution in [2.75, 3.05) is 62.3 Å². The number of nitrogens with one attached hydrogen (secondary N) is 2. The zero-order valence-electron chi connectivity index (χ0n) is 15.7. The highest BCUT2D eigenvalue weighted by Crippen LogP contribution is 2.28. The minimum Gasteiger partial charge on any atom is -0.442 e. The molecule has 2 atom stereocenters. The molecule has 3 aliphatic heterocycles. The van der Waals surface area contributed by atoms with E-state index in [0.29, 0.717) is 44.2 Å². The van der Waals surface area contributed by atoms with Crippen molar-refractivity contribution in [2.24, 2.45) is 5.92 Å². The molecule has 3 saturated heterocycles. The lowest BCUT2D eigenvalue weighted by molar-refractivity contribution is -0.124. The number of morpholine rings is 1. The summed E-state index contributed by atoms with van der Waals surface area (Å²) in [5, 5.41) is 6.00. The fourth-order valence-electron chi connectivity index (χ4n) is 3.80. The molecule has 0 saturated carbocycles. The summed E-state index contributed by atoms with van der Waals surface area (Å²) in [7, 11) is 0. The predicted molar refractivity (Wildman–Crippen MR) is 101 cm³/mol. The number of ether oxygens (including phenoxy) is 2. The van der Waals surface area contributed by atoms with Gasteiger partial charge in [0.25, 0.3) is 0 Å². The Balaban J connectivity index is 1.35. The zero-order valence-corrected chi connectivity index (χ0v) is 15.7. The average molecular weight is 392 g/mol. The minimum atomic E-state index is -0.527. The molecule has 28 heavy (non-hydrogen) atoms. The van der Waals surface area contributed by atoms with E-state index in [-0.39, 0.29) is 30.7 Å². The van der Waals surface area contributed by atoms with Crippen molar-refractivity contribution in [1.82, 2.24) is 10.6 Å². The van der Waals surface area contributed by atoms with Crippen molar-refractivity contribution in [1.29, 1.82) is 0 Å². The first kappa shape index (κ1) is 18.9. The highest BCUT2D eigenvalue weighted by Gasteiger charge is 2.34. The maximum atomic E-state index is 14.6. The van der Waals surface area contributed by atoms with Crippen LogP contribution in [0.25, 0.3) is 0 Å². The van der Waals surface area contributed by atoms with Gasteiger partial charge in [-0.2, -0.15) is 0 Å². The number of hydrogen-bond acceptors (Lipinski definition) is 6. The second kappa shape index (κ2) is 8.32. The van der Waals surface area contributed by atoms with E-state index in [1.807, 2.05) is 4.90 Å². The van der Waals surface area contributed by atoms with Gasteiger partial charge < -0.3 is 25.0 Å². The minimum absolute atomic E-state index is 0.0274. The number of anilines is 2. The molecule has 9 heteroatoms. The Morgan fingerprint density at radius 2 is 2.14 bits per heavy atom. The van der Waals surface area contributed by atoms with Gasteiger partial charge in [-0.05, 0) is 31.2 Å². The Hall–Kier alpha value is -2.39. The summed E-state index contributed by atoms with van der Waals surface area (Å²) in [6.07, 6.45) is -0.162. The van der Waals surface area contributed by atoms with Crippen LogP contribution in [-0.2, 0) is 14.3 Å². The van der Waals surface area contributed by atoms with Crippen LogP contribution in [0, 0.1) is 11.7 Å². The van der Waals surface area contributed by atoms with Crippen molar-refractivity contribution in [2.45, 2.75) is 12.5 Å². The van der Waals surface area contributed by atoms with Gasteiger partial charge in [0.1, 0.15) is 11.9 Å².